The predicted molar refractivity (Wildman–Crippen MR) is 120 cm³/mol. The summed E-state index contributed by atoms with van der Waals surface area (Å²) < 4.78 is 7.01. The van der Waals surface area contributed by atoms with Crippen LogP contribution in [0, 0.1) is 6.92 Å². The summed E-state index contributed by atoms with van der Waals surface area (Å²) in [5.74, 6) is 0. The van der Waals surface area contributed by atoms with Crippen LogP contribution in [0.1, 0.15) is 12.1 Å². The molecule has 2 N–H and O–H groups in total. The van der Waals surface area contributed by atoms with Gasteiger partial charge in [-0.25, -0.2) is 9.78 Å². The lowest BCUT2D eigenvalue weighted by Crippen LogP contribution is -2.27. The van der Waals surface area contributed by atoms with E-state index in [2.05, 4.69) is 20.7 Å². The van der Waals surface area contributed by atoms with Crippen molar-refractivity contribution in [3.63, 3.8) is 0 Å². The van der Waals surface area contributed by atoms with E-state index in [0.29, 0.717) is 24.7 Å². The van der Waals surface area contributed by atoms with Crippen LogP contribution in [0.2, 0.25) is 5.02 Å². The minimum atomic E-state index is -0.0999. The molecule has 1 aliphatic heterocycles. The van der Waals surface area contributed by atoms with Crippen LogP contribution < -0.4 is 15.5 Å². The van der Waals surface area contributed by atoms with Gasteiger partial charge in [0.1, 0.15) is 0 Å². The van der Waals surface area contributed by atoms with Gasteiger partial charge in [0, 0.05) is 56.2 Å². The number of anilines is 3. The molecule has 10 heteroatoms. The molecule has 1 saturated heterocycles. The van der Waals surface area contributed by atoms with Crippen molar-refractivity contribution in [1.82, 2.24) is 20.1 Å². The predicted octanol–water partition coefficient (Wildman–Crippen LogP) is 4.28. The molecule has 1 fully saturated rings. The summed E-state index contributed by atoms with van der Waals surface area (Å²) in [7, 11) is 1.70. The minimum Gasteiger partial charge on any atom is -0.385 e. The summed E-state index contributed by atoms with van der Waals surface area (Å²) in [5, 5.41) is 14.0. The molecule has 0 spiro atoms. The van der Waals surface area contributed by atoms with Crippen LogP contribution in [-0.4, -0.2) is 47.6 Å². The number of carbonyl (C=O) groups excluding carboxylic acids is 1. The van der Waals surface area contributed by atoms with Gasteiger partial charge in [0.2, 0.25) is 0 Å². The first-order chi connectivity index (χ1) is 14.5. The van der Waals surface area contributed by atoms with E-state index in [1.807, 2.05) is 41.4 Å². The van der Waals surface area contributed by atoms with Gasteiger partial charge < -0.3 is 15.4 Å². The molecule has 0 radical (unpaired) electrons. The van der Waals surface area contributed by atoms with Crippen LogP contribution in [-0.2, 0) is 11.3 Å². The third-order valence-electron chi connectivity index (χ3n) is 4.82. The maximum Gasteiger partial charge on any atom is 0.321 e. The number of thiazole rings is 1. The van der Waals surface area contributed by atoms with Crippen molar-refractivity contribution >= 4 is 45.5 Å². The number of nitrogens with one attached hydrogen (secondary N) is 2. The smallest absolute Gasteiger partial charge is 0.321 e. The van der Waals surface area contributed by atoms with Gasteiger partial charge >= 0.3 is 6.03 Å². The van der Waals surface area contributed by atoms with Crippen molar-refractivity contribution in [2.75, 3.05) is 37.0 Å². The topological polar surface area (TPSA) is 84.3 Å². The van der Waals surface area contributed by atoms with Gasteiger partial charge in [-0.05, 0) is 31.5 Å². The minimum absolute atomic E-state index is 0.0999. The van der Waals surface area contributed by atoms with Gasteiger partial charge in [0.15, 0.2) is 5.13 Å². The highest BCUT2D eigenvalue weighted by atomic mass is 35.5. The maximum atomic E-state index is 11.9. The summed E-state index contributed by atoms with van der Waals surface area (Å²) >= 11 is 8.02. The van der Waals surface area contributed by atoms with Gasteiger partial charge in [0.05, 0.1) is 22.1 Å². The van der Waals surface area contributed by atoms with E-state index in [0.717, 1.165) is 46.4 Å². The van der Waals surface area contributed by atoms with Gasteiger partial charge in [-0.15, -0.1) is 11.3 Å². The van der Waals surface area contributed by atoms with Crippen molar-refractivity contribution in [3.05, 3.63) is 40.5 Å². The molecule has 158 valence electrons. The van der Waals surface area contributed by atoms with E-state index in [9.17, 15) is 4.79 Å². The highest BCUT2D eigenvalue weighted by Crippen LogP contribution is 2.34. The summed E-state index contributed by atoms with van der Waals surface area (Å²) in [4.78, 5) is 18.2. The summed E-state index contributed by atoms with van der Waals surface area (Å²) in [5.41, 5.74) is 4.24. The number of carbonyl (C=O) groups is 1. The van der Waals surface area contributed by atoms with Crippen LogP contribution in [0.25, 0.3) is 11.3 Å². The van der Waals surface area contributed by atoms with E-state index < -0.39 is 0 Å². The number of ether oxygens (including phenoxy) is 1. The third kappa shape index (κ3) is 4.43. The molecule has 2 amide bonds. The fourth-order valence-corrected chi connectivity index (χ4v) is 4.29. The monoisotopic (exact) mass is 446 g/mol. The van der Waals surface area contributed by atoms with Gasteiger partial charge in [-0.1, -0.05) is 11.6 Å². The largest absolute Gasteiger partial charge is 0.385 e. The summed E-state index contributed by atoms with van der Waals surface area (Å²) in [6.45, 7) is 4.75. The lowest BCUT2D eigenvalue weighted by atomic mass is 10.1. The van der Waals surface area contributed by atoms with Crippen molar-refractivity contribution in [2.45, 2.75) is 19.9 Å². The maximum absolute atomic E-state index is 11.9. The quantitative estimate of drug-likeness (QED) is 0.504. The van der Waals surface area contributed by atoms with E-state index >= 15 is 0 Å². The fourth-order valence-electron chi connectivity index (χ4n) is 3.29. The average Bonchev–Trinajstić information content (AvgIpc) is 3.44. The van der Waals surface area contributed by atoms with Crippen molar-refractivity contribution in [3.8, 4) is 11.3 Å². The summed E-state index contributed by atoms with van der Waals surface area (Å²) in [6.07, 6.45) is 2.89. The second kappa shape index (κ2) is 9.03. The first kappa shape index (κ1) is 20.6. The number of nitrogens with zero attached hydrogens (tertiary/aromatic N) is 4. The van der Waals surface area contributed by atoms with Crippen LogP contribution in [0.5, 0.6) is 0 Å². The molecule has 0 atom stereocenters. The number of hydrogen-bond donors (Lipinski definition) is 2. The molecular formula is C20H23ClN6O2S. The van der Waals surface area contributed by atoms with Crippen LogP contribution in [0.3, 0.4) is 0 Å². The number of urea groups is 1. The van der Waals surface area contributed by atoms with E-state index in [1.165, 1.54) is 11.3 Å². The Bertz CT molecular complexity index is 1050. The number of hydrogen-bond acceptors (Lipinski definition) is 6. The standard InChI is InChI=1S/C20H23ClN6O2S/c1-13-17(11-26(25-13)7-3-9-29-2)23-19-24-18(12-30-19)15-5-4-14(10-16(15)21)27-8-6-22-20(27)28/h4-5,10-12H,3,6-9H2,1-2H3,(H,22,28)(H,23,24). The van der Waals surface area contributed by atoms with Crippen molar-refractivity contribution in [1.29, 1.82) is 0 Å². The first-order valence-corrected chi connectivity index (χ1v) is 10.9. The number of rotatable bonds is 8. The zero-order chi connectivity index (χ0) is 21.1. The zero-order valence-electron chi connectivity index (χ0n) is 16.8. The Morgan fingerprint density at radius 2 is 2.27 bits per heavy atom. The second-order valence-electron chi connectivity index (χ2n) is 6.95. The van der Waals surface area contributed by atoms with Crippen LogP contribution in [0.4, 0.5) is 21.3 Å². The lowest BCUT2D eigenvalue weighted by Gasteiger charge is -2.15. The molecule has 1 aliphatic rings. The SMILES string of the molecule is COCCCn1cc(Nc2nc(-c3ccc(N4CCNC4=O)cc3Cl)cs2)c(C)n1. The molecule has 1 aromatic carbocycles. The molecule has 3 aromatic rings. The molecule has 4 rings (SSSR count). The number of methoxy groups -OCH3 is 1. The molecule has 30 heavy (non-hydrogen) atoms. The molecular weight excluding hydrogens is 424 g/mol. The van der Waals surface area contributed by atoms with E-state index in [-0.39, 0.29) is 6.03 Å². The molecule has 0 aliphatic carbocycles. The number of benzene rings is 1. The van der Waals surface area contributed by atoms with Crippen molar-refractivity contribution < 1.29 is 9.53 Å². The Hall–Kier alpha value is -2.62. The van der Waals surface area contributed by atoms with Gasteiger partial charge in [-0.3, -0.25) is 9.58 Å². The van der Waals surface area contributed by atoms with Crippen molar-refractivity contribution in [2.24, 2.45) is 0 Å². The Labute approximate surface area is 183 Å². The Kier molecular flexibility index (Phi) is 6.21. The molecule has 0 saturated carbocycles. The molecule has 0 unspecified atom stereocenters. The van der Waals surface area contributed by atoms with E-state index in [4.69, 9.17) is 16.3 Å². The Morgan fingerprint density at radius 3 is 3.00 bits per heavy atom. The highest BCUT2D eigenvalue weighted by Gasteiger charge is 2.22. The van der Waals surface area contributed by atoms with E-state index in [1.54, 1.807) is 12.0 Å². The molecule has 8 nitrogen and oxygen atoms in total. The number of amides is 2. The highest BCUT2D eigenvalue weighted by molar-refractivity contribution is 7.14. The zero-order valence-corrected chi connectivity index (χ0v) is 18.4. The average molecular weight is 447 g/mol. The number of aromatic nitrogens is 3. The number of aryl methyl sites for hydroxylation is 2. The Balaban J connectivity index is 1.47. The first-order valence-electron chi connectivity index (χ1n) is 9.66. The fraction of sp³-hybridized carbons (Fsp3) is 0.350. The molecule has 2 aromatic heterocycles. The Morgan fingerprint density at radius 1 is 1.40 bits per heavy atom. The lowest BCUT2D eigenvalue weighted by molar-refractivity contribution is 0.189. The molecule has 3 heterocycles. The molecule has 0 bridgehead atoms. The van der Waals surface area contributed by atoms with Gasteiger partial charge in [-0.2, -0.15) is 5.10 Å². The van der Waals surface area contributed by atoms with Crippen LogP contribution in [0.15, 0.2) is 29.8 Å². The third-order valence-corrected chi connectivity index (χ3v) is 5.90. The van der Waals surface area contributed by atoms with Crippen LogP contribution >= 0.6 is 22.9 Å². The second-order valence-corrected chi connectivity index (χ2v) is 8.21. The normalized spacial score (nSPS) is 13.7. The number of halogens is 1. The summed E-state index contributed by atoms with van der Waals surface area (Å²) in [6, 6.07) is 5.51. The van der Waals surface area contributed by atoms with Gasteiger partial charge in [0.25, 0.3) is 0 Å².